The van der Waals surface area contributed by atoms with Crippen LogP contribution in [0.3, 0.4) is 0 Å². The molecule has 1 amide bonds. The van der Waals surface area contributed by atoms with Crippen LogP contribution in [-0.2, 0) is 6.54 Å². The first-order chi connectivity index (χ1) is 10.5. The minimum Gasteiger partial charge on any atom is -0.365 e. The quantitative estimate of drug-likeness (QED) is 0.908. The molecule has 3 N–H and O–H groups in total. The van der Waals surface area contributed by atoms with Gasteiger partial charge in [0.2, 0.25) is 0 Å². The van der Waals surface area contributed by atoms with Crippen molar-refractivity contribution < 1.29 is 13.6 Å². The second-order valence-corrected chi connectivity index (χ2v) is 5.46. The molecule has 1 atom stereocenters. The molecule has 0 saturated heterocycles. The molecule has 1 aromatic heterocycles. The Morgan fingerprint density at radius 1 is 1.50 bits per heavy atom. The van der Waals surface area contributed by atoms with Gasteiger partial charge in [-0.25, -0.2) is 8.78 Å². The first kappa shape index (κ1) is 14.9. The largest absolute Gasteiger partial charge is 0.365 e. The standard InChI is InChI=1S/C14H13ClF2N4O/c15-8-3-1-2-7(4-8)12-11(14(18)22)9-5-19-6-10(13(16)17)21(9)20-12/h1-4,10,13,19H,5-6H2,(H2,18,22). The van der Waals surface area contributed by atoms with E-state index < -0.39 is 18.4 Å². The number of carbonyl (C=O) groups excluding carboxylic acids is 1. The second-order valence-electron chi connectivity index (χ2n) is 5.02. The summed E-state index contributed by atoms with van der Waals surface area (Å²) in [5, 5.41) is 7.55. The van der Waals surface area contributed by atoms with Crippen LogP contribution in [0, 0.1) is 0 Å². The van der Waals surface area contributed by atoms with Gasteiger partial charge in [-0.15, -0.1) is 0 Å². The number of nitrogens with one attached hydrogen (secondary N) is 1. The predicted molar refractivity (Wildman–Crippen MR) is 77.9 cm³/mol. The maximum atomic E-state index is 13.2. The van der Waals surface area contributed by atoms with Gasteiger partial charge >= 0.3 is 0 Å². The van der Waals surface area contributed by atoms with E-state index >= 15 is 0 Å². The molecule has 5 nitrogen and oxygen atoms in total. The van der Waals surface area contributed by atoms with Crippen molar-refractivity contribution in [1.82, 2.24) is 15.1 Å². The molecule has 0 fully saturated rings. The number of carbonyl (C=O) groups is 1. The number of halogens is 3. The highest BCUT2D eigenvalue weighted by Crippen LogP contribution is 2.31. The molecule has 8 heteroatoms. The Labute approximate surface area is 130 Å². The number of aromatic nitrogens is 2. The number of primary amides is 1. The maximum absolute atomic E-state index is 13.2. The fourth-order valence-corrected chi connectivity index (χ4v) is 2.82. The van der Waals surface area contributed by atoms with Crippen LogP contribution >= 0.6 is 11.6 Å². The topological polar surface area (TPSA) is 72.9 Å². The van der Waals surface area contributed by atoms with Crippen LogP contribution in [0.25, 0.3) is 11.3 Å². The lowest BCUT2D eigenvalue weighted by Crippen LogP contribution is -2.38. The van der Waals surface area contributed by atoms with Crippen molar-refractivity contribution >= 4 is 17.5 Å². The monoisotopic (exact) mass is 326 g/mol. The van der Waals surface area contributed by atoms with Crippen molar-refractivity contribution in [3.63, 3.8) is 0 Å². The summed E-state index contributed by atoms with van der Waals surface area (Å²) >= 11 is 5.95. The van der Waals surface area contributed by atoms with Gasteiger partial charge < -0.3 is 11.1 Å². The molecule has 2 aromatic rings. The summed E-state index contributed by atoms with van der Waals surface area (Å²) in [6, 6.07) is 5.57. The van der Waals surface area contributed by atoms with Crippen LogP contribution in [0.1, 0.15) is 22.1 Å². The van der Waals surface area contributed by atoms with Crippen LogP contribution < -0.4 is 11.1 Å². The van der Waals surface area contributed by atoms with Crippen molar-refractivity contribution in [3.05, 3.63) is 40.5 Å². The summed E-state index contributed by atoms with van der Waals surface area (Å²) in [6.07, 6.45) is -2.60. The lowest BCUT2D eigenvalue weighted by atomic mass is 10.0. The highest BCUT2D eigenvalue weighted by Gasteiger charge is 2.33. The molecule has 1 aromatic carbocycles. The molecular weight excluding hydrogens is 314 g/mol. The average Bonchev–Trinajstić information content (AvgIpc) is 2.86. The molecule has 3 rings (SSSR count). The van der Waals surface area contributed by atoms with Gasteiger partial charge in [-0.1, -0.05) is 23.7 Å². The summed E-state index contributed by atoms with van der Waals surface area (Å²) < 4.78 is 27.5. The Balaban J connectivity index is 2.21. The van der Waals surface area contributed by atoms with Gasteiger partial charge in [0.05, 0.1) is 11.3 Å². The SMILES string of the molecule is NC(=O)c1c(-c2cccc(Cl)c2)nn2c1CNCC2C(F)F. The minimum absolute atomic E-state index is 0.0829. The van der Waals surface area contributed by atoms with Crippen molar-refractivity contribution in [2.75, 3.05) is 6.54 Å². The summed E-state index contributed by atoms with van der Waals surface area (Å²) in [4.78, 5) is 11.8. The maximum Gasteiger partial charge on any atom is 0.261 e. The van der Waals surface area contributed by atoms with Gasteiger partial charge in [-0.3, -0.25) is 9.48 Å². The molecule has 0 aliphatic carbocycles. The van der Waals surface area contributed by atoms with Crippen molar-refractivity contribution in [2.45, 2.75) is 19.0 Å². The number of hydrogen-bond acceptors (Lipinski definition) is 3. The second kappa shape index (κ2) is 5.66. The van der Waals surface area contributed by atoms with Crippen molar-refractivity contribution in [3.8, 4) is 11.3 Å². The lowest BCUT2D eigenvalue weighted by molar-refractivity contribution is 0.0676. The zero-order chi connectivity index (χ0) is 15.9. The van der Waals surface area contributed by atoms with E-state index in [-0.39, 0.29) is 24.3 Å². The average molecular weight is 327 g/mol. The van der Waals surface area contributed by atoms with Gasteiger partial charge in [-0.05, 0) is 12.1 Å². The van der Waals surface area contributed by atoms with Crippen LogP contribution in [0.5, 0.6) is 0 Å². The third kappa shape index (κ3) is 2.46. The molecule has 0 radical (unpaired) electrons. The molecule has 0 saturated carbocycles. The Kier molecular flexibility index (Phi) is 3.84. The molecule has 116 valence electrons. The first-order valence-corrected chi connectivity index (χ1v) is 7.03. The van der Waals surface area contributed by atoms with E-state index in [2.05, 4.69) is 10.4 Å². The zero-order valence-corrected chi connectivity index (χ0v) is 12.1. The molecule has 22 heavy (non-hydrogen) atoms. The Hall–Kier alpha value is -1.99. The van der Waals surface area contributed by atoms with Gasteiger partial charge in [0.1, 0.15) is 11.7 Å². The van der Waals surface area contributed by atoms with Crippen LogP contribution in [-0.4, -0.2) is 28.7 Å². The Bertz CT molecular complexity index is 732. The van der Waals surface area contributed by atoms with Crippen LogP contribution in [0.15, 0.2) is 24.3 Å². The molecule has 0 bridgehead atoms. The number of fused-ring (bicyclic) bond motifs is 1. The van der Waals surface area contributed by atoms with Gasteiger partial charge in [0, 0.05) is 23.7 Å². The van der Waals surface area contributed by atoms with Crippen molar-refractivity contribution in [1.29, 1.82) is 0 Å². The van der Waals surface area contributed by atoms with E-state index in [1.807, 2.05) is 0 Å². The molecular formula is C14H13ClF2N4O. The normalized spacial score (nSPS) is 17.5. The zero-order valence-electron chi connectivity index (χ0n) is 11.4. The molecule has 1 aliphatic rings. The molecule has 1 aliphatic heterocycles. The van der Waals surface area contributed by atoms with Gasteiger partial charge in [-0.2, -0.15) is 5.10 Å². The smallest absolute Gasteiger partial charge is 0.261 e. The molecule has 0 spiro atoms. The summed E-state index contributed by atoms with van der Waals surface area (Å²) in [5.74, 6) is -0.701. The first-order valence-electron chi connectivity index (χ1n) is 6.65. The number of rotatable bonds is 3. The van der Waals surface area contributed by atoms with E-state index in [4.69, 9.17) is 17.3 Å². The van der Waals surface area contributed by atoms with E-state index in [0.29, 0.717) is 16.3 Å². The fourth-order valence-electron chi connectivity index (χ4n) is 2.63. The van der Waals surface area contributed by atoms with Crippen LogP contribution in [0.4, 0.5) is 8.78 Å². The number of nitrogens with zero attached hydrogens (tertiary/aromatic N) is 2. The van der Waals surface area contributed by atoms with E-state index in [1.54, 1.807) is 24.3 Å². The summed E-state index contributed by atoms with van der Waals surface area (Å²) in [7, 11) is 0. The third-order valence-corrected chi connectivity index (χ3v) is 3.84. The van der Waals surface area contributed by atoms with Gasteiger partial charge in [0.25, 0.3) is 12.3 Å². The lowest BCUT2D eigenvalue weighted by Gasteiger charge is -2.25. The predicted octanol–water partition coefficient (Wildman–Crippen LogP) is 2.21. The molecule has 2 heterocycles. The minimum atomic E-state index is -2.60. The Morgan fingerprint density at radius 3 is 2.91 bits per heavy atom. The van der Waals surface area contributed by atoms with Crippen LogP contribution in [0.2, 0.25) is 5.02 Å². The number of nitrogens with two attached hydrogens (primary N) is 1. The van der Waals surface area contributed by atoms with Gasteiger partial charge in [0.15, 0.2) is 0 Å². The summed E-state index contributed by atoms with van der Waals surface area (Å²) in [6.45, 7) is 0.342. The number of benzene rings is 1. The highest BCUT2D eigenvalue weighted by atomic mass is 35.5. The van der Waals surface area contributed by atoms with E-state index in [0.717, 1.165) is 0 Å². The number of alkyl halides is 2. The Morgan fingerprint density at radius 2 is 2.27 bits per heavy atom. The number of amides is 1. The van der Waals surface area contributed by atoms with E-state index in [9.17, 15) is 13.6 Å². The third-order valence-electron chi connectivity index (χ3n) is 3.61. The van der Waals surface area contributed by atoms with Crippen molar-refractivity contribution in [2.24, 2.45) is 5.73 Å². The van der Waals surface area contributed by atoms with E-state index in [1.165, 1.54) is 4.68 Å². The highest BCUT2D eigenvalue weighted by molar-refractivity contribution is 6.30. The summed E-state index contributed by atoms with van der Waals surface area (Å²) in [5.41, 5.74) is 6.81. The molecule has 1 unspecified atom stereocenters. The fraction of sp³-hybridized carbons (Fsp3) is 0.286. The number of hydrogen-bond donors (Lipinski definition) is 2.